The molecule has 0 radical (unpaired) electrons. The predicted molar refractivity (Wildman–Crippen MR) is 62.6 cm³/mol. The van der Waals surface area contributed by atoms with Gasteiger partial charge in [-0.05, 0) is 17.7 Å². The van der Waals surface area contributed by atoms with Gasteiger partial charge in [-0.3, -0.25) is 4.79 Å². The van der Waals surface area contributed by atoms with E-state index in [0.29, 0.717) is 6.61 Å². The second-order valence-corrected chi connectivity index (χ2v) is 3.92. The van der Waals surface area contributed by atoms with E-state index in [1.807, 2.05) is 24.3 Å². The van der Waals surface area contributed by atoms with Crippen molar-refractivity contribution >= 4 is 17.7 Å². The standard InChI is InChI=1S/C12H14N2O3/c1-8(15)13-10-4-2-9(3-5-10)11-6-7-17-12(16)14-11/h2-5,11H,6-7H2,1H3,(H,13,15)(H,14,16)/t11-/m0/s1. The molecule has 2 rings (SSSR count). The maximum Gasteiger partial charge on any atom is 0.407 e. The third kappa shape index (κ3) is 2.96. The summed E-state index contributed by atoms with van der Waals surface area (Å²) in [5.74, 6) is -0.0999. The summed E-state index contributed by atoms with van der Waals surface area (Å²) < 4.78 is 4.80. The van der Waals surface area contributed by atoms with E-state index in [0.717, 1.165) is 17.7 Å². The molecule has 0 aliphatic carbocycles. The van der Waals surface area contributed by atoms with Gasteiger partial charge in [-0.1, -0.05) is 12.1 Å². The molecule has 5 heteroatoms. The van der Waals surface area contributed by atoms with Crippen molar-refractivity contribution in [3.63, 3.8) is 0 Å². The Morgan fingerprint density at radius 3 is 2.71 bits per heavy atom. The maximum atomic E-state index is 11.1. The van der Waals surface area contributed by atoms with Crippen LogP contribution in [0.4, 0.5) is 10.5 Å². The third-order valence-corrected chi connectivity index (χ3v) is 2.57. The zero-order chi connectivity index (χ0) is 12.3. The number of cyclic esters (lactones) is 1. The van der Waals surface area contributed by atoms with Crippen LogP contribution in [0.5, 0.6) is 0 Å². The van der Waals surface area contributed by atoms with Crippen molar-refractivity contribution in [2.24, 2.45) is 0 Å². The molecule has 5 nitrogen and oxygen atoms in total. The molecular formula is C12H14N2O3. The van der Waals surface area contributed by atoms with Crippen molar-refractivity contribution in [3.05, 3.63) is 29.8 Å². The summed E-state index contributed by atoms with van der Waals surface area (Å²) >= 11 is 0. The van der Waals surface area contributed by atoms with Crippen LogP contribution in [0.3, 0.4) is 0 Å². The Kier molecular flexibility index (Phi) is 3.27. The highest BCUT2D eigenvalue weighted by molar-refractivity contribution is 5.88. The first-order chi connectivity index (χ1) is 8.15. The van der Waals surface area contributed by atoms with Gasteiger partial charge in [0.1, 0.15) is 0 Å². The Bertz CT molecular complexity index is 428. The van der Waals surface area contributed by atoms with Crippen LogP contribution in [0.2, 0.25) is 0 Å². The Morgan fingerprint density at radius 1 is 1.41 bits per heavy atom. The molecule has 0 bridgehead atoms. The molecule has 1 aliphatic heterocycles. The van der Waals surface area contributed by atoms with Crippen LogP contribution in [0.1, 0.15) is 24.9 Å². The number of carbonyl (C=O) groups excluding carboxylic acids is 2. The van der Waals surface area contributed by atoms with E-state index in [4.69, 9.17) is 4.74 Å². The topological polar surface area (TPSA) is 67.4 Å². The van der Waals surface area contributed by atoms with Crippen LogP contribution in [0, 0.1) is 0 Å². The molecule has 0 spiro atoms. The van der Waals surface area contributed by atoms with Crippen molar-refractivity contribution in [1.82, 2.24) is 5.32 Å². The van der Waals surface area contributed by atoms with Crippen molar-refractivity contribution in [3.8, 4) is 0 Å². The molecule has 2 amide bonds. The van der Waals surface area contributed by atoms with Crippen molar-refractivity contribution in [1.29, 1.82) is 0 Å². The van der Waals surface area contributed by atoms with E-state index >= 15 is 0 Å². The number of ether oxygens (including phenoxy) is 1. The Labute approximate surface area is 99.2 Å². The summed E-state index contributed by atoms with van der Waals surface area (Å²) in [5, 5.41) is 5.44. The van der Waals surface area contributed by atoms with Crippen molar-refractivity contribution in [2.45, 2.75) is 19.4 Å². The minimum atomic E-state index is -0.382. The molecule has 1 saturated heterocycles. The van der Waals surface area contributed by atoms with Gasteiger partial charge < -0.3 is 15.4 Å². The van der Waals surface area contributed by atoms with E-state index in [1.165, 1.54) is 6.92 Å². The molecule has 1 atom stereocenters. The van der Waals surface area contributed by atoms with E-state index in [9.17, 15) is 9.59 Å². The molecule has 17 heavy (non-hydrogen) atoms. The van der Waals surface area contributed by atoms with Gasteiger partial charge >= 0.3 is 6.09 Å². The first-order valence-electron chi connectivity index (χ1n) is 5.46. The molecule has 1 aliphatic rings. The highest BCUT2D eigenvalue weighted by atomic mass is 16.5. The Morgan fingerprint density at radius 2 is 2.12 bits per heavy atom. The van der Waals surface area contributed by atoms with E-state index < -0.39 is 0 Å². The lowest BCUT2D eigenvalue weighted by Crippen LogP contribution is -2.35. The molecule has 1 aromatic carbocycles. The third-order valence-electron chi connectivity index (χ3n) is 2.57. The van der Waals surface area contributed by atoms with Crippen LogP contribution in [0.25, 0.3) is 0 Å². The molecular weight excluding hydrogens is 220 g/mol. The Balaban J connectivity index is 2.06. The van der Waals surface area contributed by atoms with E-state index in [1.54, 1.807) is 0 Å². The van der Waals surface area contributed by atoms with Gasteiger partial charge in [0.05, 0.1) is 12.6 Å². The average Bonchev–Trinajstić information content (AvgIpc) is 2.29. The first-order valence-corrected chi connectivity index (χ1v) is 5.46. The molecule has 1 heterocycles. The number of amides is 2. The van der Waals surface area contributed by atoms with Crippen LogP contribution in [-0.4, -0.2) is 18.6 Å². The summed E-state index contributed by atoms with van der Waals surface area (Å²) in [4.78, 5) is 21.9. The number of rotatable bonds is 2. The lowest BCUT2D eigenvalue weighted by atomic mass is 10.0. The van der Waals surface area contributed by atoms with E-state index in [2.05, 4.69) is 10.6 Å². The minimum absolute atomic E-state index is 0.0115. The van der Waals surface area contributed by atoms with Gasteiger partial charge in [-0.15, -0.1) is 0 Å². The molecule has 1 aromatic rings. The van der Waals surface area contributed by atoms with Crippen LogP contribution >= 0.6 is 0 Å². The average molecular weight is 234 g/mol. The summed E-state index contributed by atoms with van der Waals surface area (Å²) in [7, 11) is 0. The van der Waals surface area contributed by atoms with Gasteiger partial charge in [0.15, 0.2) is 0 Å². The van der Waals surface area contributed by atoms with Gasteiger partial charge in [0, 0.05) is 19.0 Å². The quantitative estimate of drug-likeness (QED) is 0.820. The lowest BCUT2D eigenvalue weighted by Gasteiger charge is -2.23. The van der Waals surface area contributed by atoms with Gasteiger partial charge in [-0.25, -0.2) is 4.79 Å². The summed E-state index contributed by atoms with van der Waals surface area (Å²) in [6, 6.07) is 7.40. The van der Waals surface area contributed by atoms with Crippen LogP contribution in [-0.2, 0) is 9.53 Å². The number of hydrogen-bond acceptors (Lipinski definition) is 3. The van der Waals surface area contributed by atoms with Crippen molar-refractivity contribution < 1.29 is 14.3 Å². The molecule has 0 saturated carbocycles. The van der Waals surface area contributed by atoms with Crippen LogP contribution < -0.4 is 10.6 Å². The number of benzene rings is 1. The fourth-order valence-corrected chi connectivity index (χ4v) is 1.78. The smallest absolute Gasteiger partial charge is 0.407 e. The minimum Gasteiger partial charge on any atom is -0.449 e. The highest BCUT2D eigenvalue weighted by Crippen LogP contribution is 2.21. The van der Waals surface area contributed by atoms with Crippen LogP contribution in [0.15, 0.2) is 24.3 Å². The van der Waals surface area contributed by atoms with Crippen molar-refractivity contribution in [2.75, 3.05) is 11.9 Å². The molecule has 0 unspecified atom stereocenters. The number of carbonyl (C=O) groups is 2. The number of nitrogens with one attached hydrogen (secondary N) is 2. The number of alkyl carbamates (subject to hydrolysis) is 1. The molecule has 1 fully saturated rings. The Hall–Kier alpha value is -2.04. The first kappa shape index (κ1) is 11.4. The monoisotopic (exact) mass is 234 g/mol. The van der Waals surface area contributed by atoms with Gasteiger partial charge in [0.2, 0.25) is 5.91 Å². The lowest BCUT2D eigenvalue weighted by molar-refractivity contribution is -0.114. The number of anilines is 1. The summed E-state index contributed by atoms with van der Waals surface area (Å²) in [6.07, 6.45) is 0.373. The zero-order valence-corrected chi connectivity index (χ0v) is 9.53. The van der Waals surface area contributed by atoms with E-state index in [-0.39, 0.29) is 18.0 Å². The van der Waals surface area contributed by atoms with Gasteiger partial charge in [-0.2, -0.15) is 0 Å². The van der Waals surface area contributed by atoms with Gasteiger partial charge in [0.25, 0.3) is 0 Å². The summed E-state index contributed by atoms with van der Waals surface area (Å²) in [6.45, 7) is 1.90. The molecule has 0 aromatic heterocycles. The summed E-state index contributed by atoms with van der Waals surface area (Å²) in [5.41, 5.74) is 1.76. The maximum absolute atomic E-state index is 11.1. The normalized spacial score (nSPS) is 19.1. The largest absolute Gasteiger partial charge is 0.449 e. The predicted octanol–water partition coefficient (Wildman–Crippen LogP) is 1.82. The zero-order valence-electron chi connectivity index (χ0n) is 9.53. The highest BCUT2D eigenvalue weighted by Gasteiger charge is 2.20. The molecule has 2 N–H and O–H groups in total. The molecule has 90 valence electrons. The fourth-order valence-electron chi connectivity index (χ4n) is 1.78. The second-order valence-electron chi connectivity index (χ2n) is 3.92. The SMILES string of the molecule is CC(=O)Nc1ccc([C@@H]2CCOC(=O)N2)cc1. The fraction of sp³-hybridized carbons (Fsp3) is 0.333. The number of hydrogen-bond donors (Lipinski definition) is 2. The second kappa shape index (κ2) is 4.86.